The summed E-state index contributed by atoms with van der Waals surface area (Å²) in [5, 5.41) is 0. The lowest BCUT2D eigenvalue weighted by molar-refractivity contribution is 0.112. The highest BCUT2D eigenvalue weighted by atomic mass is 16.5. The Morgan fingerprint density at radius 2 is 2.20 bits per heavy atom. The first-order valence-electron chi connectivity index (χ1n) is 5.31. The lowest BCUT2D eigenvalue weighted by Gasteiger charge is -2.18. The summed E-state index contributed by atoms with van der Waals surface area (Å²) in [6, 6.07) is 5.64. The van der Waals surface area contributed by atoms with Crippen LogP contribution in [0.4, 0.5) is 0 Å². The summed E-state index contributed by atoms with van der Waals surface area (Å²) >= 11 is 0. The van der Waals surface area contributed by atoms with E-state index >= 15 is 0 Å². The smallest absolute Gasteiger partial charge is 0.150 e. The van der Waals surface area contributed by atoms with E-state index in [-0.39, 0.29) is 0 Å². The van der Waals surface area contributed by atoms with Gasteiger partial charge in [-0.25, -0.2) is 0 Å². The molecular weight excluding hydrogens is 188 g/mol. The fourth-order valence-electron chi connectivity index (χ4n) is 2.08. The molecule has 1 saturated carbocycles. The van der Waals surface area contributed by atoms with Gasteiger partial charge in [-0.3, -0.25) is 4.79 Å². The average molecular weight is 200 g/mol. The van der Waals surface area contributed by atoms with Crippen molar-refractivity contribution in [3.05, 3.63) is 35.4 Å². The van der Waals surface area contributed by atoms with Crippen LogP contribution in [0, 0.1) is 5.92 Å². The highest BCUT2D eigenvalue weighted by Gasteiger charge is 2.29. The average Bonchev–Trinajstić information content (AvgIpc) is 3.11. The van der Waals surface area contributed by atoms with Crippen molar-refractivity contribution in [2.75, 3.05) is 6.61 Å². The number of fused-ring (bicyclic) bond motifs is 1. The Morgan fingerprint density at radius 1 is 1.33 bits per heavy atom. The van der Waals surface area contributed by atoms with Crippen LogP contribution in [-0.4, -0.2) is 12.9 Å². The van der Waals surface area contributed by atoms with E-state index in [9.17, 15) is 4.79 Å². The molecule has 1 heterocycles. The zero-order chi connectivity index (χ0) is 10.3. The Balaban J connectivity index is 2.09. The molecule has 0 aromatic heterocycles. The largest absolute Gasteiger partial charge is 0.489 e. The first-order chi connectivity index (χ1) is 7.38. The number of aldehydes is 1. The van der Waals surface area contributed by atoms with E-state index in [0.29, 0.717) is 12.5 Å². The minimum Gasteiger partial charge on any atom is -0.489 e. The Morgan fingerprint density at radius 3 is 2.93 bits per heavy atom. The van der Waals surface area contributed by atoms with E-state index in [1.54, 1.807) is 0 Å². The molecule has 0 spiro atoms. The van der Waals surface area contributed by atoms with E-state index in [1.165, 1.54) is 18.4 Å². The van der Waals surface area contributed by atoms with Crippen LogP contribution in [0.15, 0.2) is 24.3 Å². The van der Waals surface area contributed by atoms with Crippen molar-refractivity contribution in [1.29, 1.82) is 0 Å². The summed E-state index contributed by atoms with van der Waals surface area (Å²) in [5.41, 5.74) is 3.22. The molecule has 2 heteroatoms. The molecule has 15 heavy (non-hydrogen) atoms. The van der Waals surface area contributed by atoms with Crippen LogP contribution in [-0.2, 0) is 0 Å². The Kier molecular flexibility index (Phi) is 1.88. The van der Waals surface area contributed by atoms with Gasteiger partial charge >= 0.3 is 0 Å². The van der Waals surface area contributed by atoms with Crippen LogP contribution in [0.5, 0.6) is 5.75 Å². The maximum absolute atomic E-state index is 10.7. The van der Waals surface area contributed by atoms with Gasteiger partial charge in [-0.05, 0) is 48.6 Å². The molecule has 2 nitrogen and oxygen atoms in total. The molecule has 0 bridgehead atoms. The monoisotopic (exact) mass is 200 g/mol. The van der Waals surface area contributed by atoms with Crippen LogP contribution in [0.25, 0.3) is 5.57 Å². The molecular formula is C13H12O2. The first-order valence-corrected chi connectivity index (χ1v) is 5.31. The summed E-state index contributed by atoms with van der Waals surface area (Å²) < 4.78 is 5.54. The summed E-state index contributed by atoms with van der Waals surface area (Å²) in [6.45, 7) is 0.666. The molecule has 0 atom stereocenters. The van der Waals surface area contributed by atoms with E-state index in [1.807, 2.05) is 18.2 Å². The molecule has 1 aliphatic carbocycles. The van der Waals surface area contributed by atoms with Gasteiger partial charge in [0.2, 0.25) is 0 Å². The van der Waals surface area contributed by atoms with Crippen molar-refractivity contribution in [3.63, 3.8) is 0 Å². The number of rotatable bonds is 2. The second-order valence-electron chi connectivity index (χ2n) is 4.12. The molecule has 3 rings (SSSR count). The van der Waals surface area contributed by atoms with Crippen molar-refractivity contribution in [3.8, 4) is 5.75 Å². The normalized spacial score (nSPS) is 18.8. The minimum atomic E-state index is 0.666. The van der Waals surface area contributed by atoms with Crippen molar-refractivity contribution in [2.24, 2.45) is 5.92 Å². The minimum absolute atomic E-state index is 0.666. The third-order valence-corrected chi connectivity index (χ3v) is 3.01. The third-order valence-electron chi connectivity index (χ3n) is 3.01. The van der Waals surface area contributed by atoms with Crippen molar-refractivity contribution >= 4 is 11.9 Å². The number of hydrogen-bond acceptors (Lipinski definition) is 2. The van der Waals surface area contributed by atoms with Gasteiger partial charge in [-0.2, -0.15) is 0 Å². The maximum Gasteiger partial charge on any atom is 0.150 e. The summed E-state index contributed by atoms with van der Waals surface area (Å²) in [5.74, 6) is 1.62. The standard InChI is InChI=1S/C13H12O2/c14-8-9-1-4-13-12(7-9)11(5-6-15-13)10-2-3-10/h1,4-5,7-8,10H,2-3,6H2. The second kappa shape index (κ2) is 3.23. The van der Waals surface area contributed by atoms with Gasteiger partial charge in [0.25, 0.3) is 0 Å². The zero-order valence-electron chi connectivity index (χ0n) is 8.40. The van der Waals surface area contributed by atoms with Gasteiger partial charge in [0, 0.05) is 11.1 Å². The Hall–Kier alpha value is -1.57. The topological polar surface area (TPSA) is 26.3 Å². The van der Waals surface area contributed by atoms with Gasteiger partial charge in [-0.15, -0.1) is 0 Å². The van der Waals surface area contributed by atoms with Gasteiger partial charge in [0.1, 0.15) is 18.6 Å². The Bertz CT molecular complexity index is 442. The molecule has 0 radical (unpaired) electrons. The number of hydrogen-bond donors (Lipinski definition) is 0. The van der Waals surface area contributed by atoms with Gasteiger partial charge in [0.15, 0.2) is 0 Å². The van der Waals surface area contributed by atoms with Gasteiger partial charge in [-0.1, -0.05) is 0 Å². The molecule has 76 valence electrons. The molecule has 0 saturated heterocycles. The molecule has 0 amide bonds. The van der Waals surface area contributed by atoms with E-state index < -0.39 is 0 Å². The molecule has 0 N–H and O–H groups in total. The Labute approximate surface area is 88.6 Å². The number of allylic oxidation sites excluding steroid dienone is 1. The number of benzene rings is 1. The summed E-state index contributed by atoms with van der Waals surface area (Å²) in [7, 11) is 0. The number of carbonyl (C=O) groups is 1. The molecule has 1 aromatic carbocycles. The fraction of sp³-hybridized carbons (Fsp3) is 0.308. The van der Waals surface area contributed by atoms with Gasteiger partial charge in [0.05, 0.1) is 0 Å². The number of carbonyl (C=O) groups excluding carboxylic acids is 1. The van der Waals surface area contributed by atoms with E-state index in [4.69, 9.17) is 4.74 Å². The highest BCUT2D eigenvalue weighted by molar-refractivity contribution is 5.82. The first kappa shape index (κ1) is 8.72. The predicted molar refractivity (Wildman–Crippen MR) is 58.0 cm³/mol. The third kappa shape index (κ3) is 1.46. The zero-order valence-corrected chi connectivity index (χ0v) is 8.40. The molecule has 1 fully saturated rings. The van der Waals surface area contributed by atoms with Crippen molar-refractivity contribution in [2.45, 2.75) is 12.8 Å². The predicted octanol–water partition coefficient (Wildman–Crippen LogP) is 2.68. The lowest BCUT2D eigenvalue weighted by atomic mass is 9.97. The highest BCUT2D eigenvalue weighted by Crippen LogP contribution is 2.45. The van der Waals surface area contributed by atoms with Crippen LogP contribution in [0.3, 0.4) is 0 Å². The van der Waals surface area contributed by atoms with E-state index in [2.05, 4.69) is 6.08 Å². The quantitative estimate of drug-likeness (QED) is 0.686. The molecule has 2 aliphatic rings. The van der Waals surface area contributed by atoms with Crippen LogP contribution in [0.1, 0.15) is 28.8 Å². The molecule has 1 aromatic rings. The maximum atomic E-state index is 10.7. The van der Waals surface area contributed by atoms with Crippen LogP contribution < -0.4 is 4.74 Å². The van der Waals surface area contributed by atoms with E-state index in [0.717, 1.165) is 23.2 Å². The lowest BCUT2D eigenvalue weighted by Crippen LogP contribution is -2.06. The number of ether oxygens (including phenoxy) is 1. The molecule has 1 aliphatic heterocycles. The second-order valence-corrected chi connectivity index (χ2v) is 4.12. The summed E-state index contributed by atoms with van der Waals surface area (Å²) in [4.78, 5) is 10.7. The van der Waals surface area contributed by atoms with Crippen LogP contribution in [0.2, 0.25) is 0 Å². The molecule has 0 unspecified atom stereocenters. The fourth-order valence-corrected chi connectivity index (χ4v) is 2.08. The SMILES string of the molecule is O=Cc1ccc2c(c1)C(C1CC1)=CCO2. The van der Waals surface area contributed by atoms with Crippen molar-refractivity contribution in [1.82, 2.24) is 0 Å². The van der Waals surface area contributed by atoms with Crippen LogP contribution >= 0.6 is 0 Å². The van der Waals surface area contributed by atoms with Crippen molar-refractivity contribution < 1.29 is 9.53 Å². The summed E-state index contributed by atoms with van der Waals surface area (Å²) in [6.07, 6.45) is 5.58. The van der Waals surface area contributed by atoms with Gasteiger partial charge < -0.3 is 4.74 Å².